The summed E-state index contributed by atoms with van der Waals surface area (Å²) in [6, 6.07) is 20.3. The molecule has 0 spiro atoms. The molecule has 118 valence electrons. The largest absolute Gasteiger partial charge is 0.457 e. The zero-order valence-corrected chi connectivity index (χ0v) is 13.3. The maximum absolute atomic E-state index is 9.38. The number of nitrogen functional groups attached to an aromatic ring is 1. The Morgan fingerprint density at radius 1 is 1.04 bits per heavy atom. The second-order valence-electron chi connectivity index (χ2n) is 4.91. The van der Waals surface area contributed by atoms with Crippen molar-refractivity contribution >= 4 is 17.3 Å². The van der Waals surface area contributed by atoms with Gasteiger partial charge in [0.25, 0.3) is 0 Å². The summed E-state index contributed by atoms with van der Waals surface area (Å²) in [6.07, 6.45) is 0. The zero-order valence-electron chi connectivity index (χ0n) is 12.5. The summed E-state index contributed by atoms with van der Waals surface area (Å²) < 4.78 is 5.75. The smallest absolute Gasteiger partial charge is 0.131 e. The van der Waals surface area contributed by atoms with Gasteiger partial charge in [-0.1, -0.05) is 29.8 Å². The van der Waals surface area contributed by atoms with E-state index in [1.54, 1.807) is 0 Å². The van der Waals surface area contributed by atoms with E-state index in [1.165, 1.54) is 6.07 Å². The molecule has 2 aromatic carbocycles. The number of rotatable bonds is 4. The van der Waals surface area contributed by atoms with Crippen LogP contribution in [0.15, 0.2) is 60.7 Å². The van der Waals surface area contributed by atoms with E-state index in [-0.39, 0.29) is 5.15 Å². The van der Waals surface area contributed by atoms with Gasteiger partial charge < -0.3 is 10.2 Å². The zero-order chi connectivity index (χ0) is 16.9. The van der Waals surface area contributed by atoms with Gasteiger partial charge in [0.05, 0.1) is 11.4 Å². The Hall–Kier alpha value is -3.07. The Labute approximate surface area is 144 Å². The van der Waals surface area contributed by atoms with Crippen LogP contribution in [0.1, 0.15) is 5.56 Å². The highest BCUT2D eigenvalue weighted by Gasteiger charge is 2.13. The van der Waals surface area contributed by atoms with Crippen LogP contribution in [0.4, 0.5) is 5.69 Å². The number of halogens is 1. The average Bonchev–Trinajstić information content (AvgIpc) is 2.62. The number of para-hydroxylation sites is 1. The second-order valence-corrected chi connectivity index (χ2v) is 5.30. The number of ether oxygens (including phenoxy) is 1. The minimum Gasteiger partial charge on any atom is -0.457 e. The van der Waals surface area contributed by atoms with Gasteiger partial charge in [-0.3, -0.25) is 5.84 Å². The van der Waals surface area contributed by atoms with Crippen LogP contribution in [0.5, 0.6) is 11.5 Å². The van der Waals surface area contributed by atoms with E-state index in [4.69, 9.17) is 22.2 Å². The highest BCUT2D eigenvalue weighted by Crippen LogP contribution is 2.31. The van der Waals surface area contributed by atoms with E-state index in [0.29, 0.717) is 22.7 Å². The van der Waals surface area contributed by atoms with E-state index < -0.39 is 0 Å². The molecule has 3 aromatic rings. The molecule has 3 N–H and O–H groups in total. The third kappa shape index (κ3) is 3.30. The van der Waals surface area contributed by atoms with Gasteiger partial charge in [-0.2, -0.15) is 5.26 Å². The number of nitrogens with two attached hydrogens (primary N) is 1. The molecule has 1 heterocycles. The number of hydrogen-bond donors (Lipinski definition) is 2. The fraction of sp³-hybridized carbons (Fsp3) is 0. The fourth-order valence-corrected chi connectivity index (χ4v) is 2.45. The van der Waals surface area contributed by atoms with Crippen molar-refractivity contribution in [1.29, 1.82) is 5.26 Å². The number of benzene rings is 2. The first-order chi connectivity index (χ1) is 11.7. The molecule has 1 aromatic heterocycles. The molecule has 3 rings (SSSR count). The highest BCUT2D eigenvalue weighted by molar-refractivity contribution is 6.29. The molecule has 5 nitrogen and oxygen atoms in total. The lowest BCUT2D eigenvalue weighted by molar-refractivity contribution is 0.483. The SMILES string of the molecule is N#Cc1c(NN)cc(Cl)nc1-c1ccc(Oc2ccccc2)cc1. The summed E-state index contributed by atoms with van der Waals surface area (Å²) in [5.41, 5.74) is 4.43. The Bertz CT molecular complexity index is 889. The topological polar surface area (TPSA) is 84.0 Å². The van der Waals surface area contributed by atoms with E-state index >= 15 is 0 Å². The van der Waals surface area contributed by atoms with Crippen molar-refractivity contribution in [2.24, 2.45) is 5.84 Å². The second kappa shape index (κ2) is 7.01. The van der Waals surface area contributed by atoms with Gasteiger partial charge in [0.1, 0.15) is 28.3 Å². The molecule has 0 bridgehead atoms. The van der Waals surface area contributed by atoms with Gasteiger partial charge in [-0.15, -0.1) is 0 Å². The Morgan fingerprint density at radius 3 is 2.33 bits per heavy atom. The molecule has 0 atom stereocenters. The van der Waals surface area contributed by atoms with Gasteiger partial charge in [0.2, 0.25) is 0 Å². The first kappa shape index (κ1) is 15.8. The van der Waals surface area contributed by atoms with Crippen molar-refractivity contribution in [3.05, 3.63) is 71.4 Å². The van der Waals surface area contributed by atoms with Crippen molar-refractivity contribution in [1.82, 2.24) is 4.98 Å². The molecule has 0 aliphatic rings. The fourth-order valence-electron chi connectivity index (χ4n) is 2.26. The summed E-state index contributed by atoms with van der Waals surface area (Å²) >= 11 is 6.01. The number of nitriles is 1. The number of pyridine rings is 1. The highest BCUT2D eigenvalue weighted by atomic mass is 35.5. The van der Waals surface area contributed by atoms with Crippen LogP contribution in [0.25, 0.3) is 11.3 Å². The van der Waals surface area contributed by atoms with Gasteiger partial charge in [0.15, 0.2) is 0 Å². The molecule has 6 heteroatoms. The van der Waals surface area contributed by atoms with E-state index in [2.05, 4.69) is 16.5 Å². The van der Waals surface area contributed by atoms with E-state index in [1.807, 2.05) is 54.6 Å². The summed E-state index contributed by atoms with van der Waals surface area (Å²) in [5.74, 6) is 6.88. The van der Waals surface area contributed by atoms with Crippen LogP contribution >= 0.6 is 11.6 Å². The lowest BCUT2D eigenvalue weighted by Crippen LogP contribution is -2.09. The van der Waals surface area contributed by atoms with Gasteiger partial charge in [0, 0.05) is 11.6 Å². The molecular formula is C18H13ClN4O. The van der Waals surface area contributed by atoms with Crippen molar-refractivity contribution in [2.75, 3.05) is 5.43 Å². The summed E-state index contributed by atoms with van der Waals surface area (Å²) in [4.78, 5) is 4.24. The van der Waals surface area contributed by atoms with Crippen LogP contribution < -0.4 is 16.0 Å². The maximum Gasteiger partial charge on any atom is 0.131 e. The van der Waals surface area contributed by atoms with Crippen molar-refractivity contribution in [3.8, 4) is 28.8 Å². The van der Waals surface area contributed by atoms with Crippen LogP contribution in [-0.2, 0) is 0 Å². The molecule has 0 unspecified atom stereocenters. The third-order valence-electron chi connectivity index (χ3n) is 3.36. The average molecular weight is 337 g/mol. The van der Waals surface area contributed by atoms with E-state index in [0.717, 1.165) is 11.3 Å². The minimum atomic E-state index is 0.251. The van der Waals surface area contributed by atoms with Crippen LogP contribution in [0.2, 0.25) is 5.15 Å². The first-order valence-electron chi connectivity index (χ1n) is 7.12. The number of hydrogen-bond acceptors (Lipinski definition) is 5. The Morgan fingerprint density at radius 2 is 1.71 bits per heavy atom. The van der Waals surface area contributed by atoms with Gasteiger partial charge >= 0.3 is 0 Å². The summed E-state index contributed by atoms with van der Waals surface area (Å²) in [7, 11) is 0. The molecule has 0 amide bonds. The van der Waals surface area contributed by atoms with Crippen LogP contribution in [-0.4, -0.2) is 4.98 Å². The van der Waals surface area contributed by atoms with Crippen molar-refractivity contribution in [3.63, 3.8) is 0 Å². The molecular weight excluding hydrogens is 324 g/mol. The maximum atomic E-state index is 9.38. The minimum absolute atomic E-state index is 0.251. The van der Waals surface area contributed by atoms with E-state index in [9.17, 15) is 5.26 Å². The Balaban J connectivity index is 1.94. The number of nitrogens with zero attached hydrogens (tertiary/aromatic N) is 2. The van der Waals surface area contributed by atoms with Crippen LogP contribution in [0.3, 0.4) is 0 Å². The normalized spacial score (nSPS) is 10.0. The number of anilines is 1. The molecule has 0 fully saturated rings. The molecule has 0 aliphatic carbocycles. The summed E-state index contributed by atoms with van der Waals surface area (Å²) in [6.45, 7) is 0. The molecule has 0 saturated heterocycles. The molecule has 24 heavy (non-hydrogen) atoms. The predicted molar refractivity (Wildman–Crippen MR) is 93.7 cm³/mol. The summed E-state index contributed by atoms with van der Waals surface area (Å²) in [5, 5.41) is 9.63. The lowest BCUT2D eigenvalue weighted by atomic mass is 10.1. The predicted octanol–water partition coefficient (Wildman–Crippen LogP) is 4.35. The van der Waals surface area contributed by atoms with Crippen molar-refractivity contribution < 1.29 is 4.74 Å². The quantitative estimate of drug-likeness (QED) is 0.420. The lowest BCUT2D eigenvalue weighted by Gasteiger charge is -2.10. The number of hydrazine groups is 1. The standard InChI is InChI=1S/C18H13ClN4O/c19-17-10-16(23-21)15(11-20)18(22-17)12-6-8-14(9-7-12)24-13-4-2-1-3-5-13/h1-10H,21H2,(H,22,23). The number of nitrogens with one attached hydrogen (secondary N) is 1. The first-order valence-corrected chi connectivity index (χ1v) is 7.49. The molecule has 0 saturated carbocycles. The van der Waals surface area contributed by atoms with Gasteiger partial charge in [-0.25, -0.2) is 4.98 Å². The molecule has 0 radical (unpaired) electrons. The number of aromatic nitrogens is 1. The molecule has 0 aliphatic heterocycles. The van der Waals surface area contributed by atoms with Crippen LogP contribution in [0, 0.1) is 11.3 Å². The monoisotopic (exact) mass is 336 g/mol. The Kier molecular flexibility index (Phi) is 4.62. The van der Waals surface area contributed by atoms with Crippen molar-refractivity contribution in [2.45, 2.75) is 0 Å². The van der Waals surface area contributed by atoms with Gasteiger partial charge in [-0.05, 0) is 36.4 Å². The third-order valence-corrected chi connectivity index (χ3v) is 3.56.